The molecule has 1 aromatic heterocycles. The van der Waals surface area contributed by atoms with Crippen molar-refractivity contribution in [2.24, 2.45) is 0 Å². The number of morpholine rings is 1. The Bertz CT molecular complexity index is 1270. The maximum Gasteiger partial charge on any atom is 0.449 e. The molecule has 1 fully saturated rings. The third-order valence-electron chi connectivity index (χ3n) is 5.28. The molecule has 1 saturated heterocycles. The molecule has 0 atom stereocenters. The number of para-hydroxylation sites is 2. The van der Waals surface area contributed by atoms with Gasteiger partial charge in [-0.25, -0.2) is 4.98 Å². The molecule has 3 aromatic rings. The van der Waals surface area contributed by atoms with Gasteiger partial charge in [0.05, 0.1) is 29.3 Å². The van der Waals surface area contributed by atoms with Gasteiger partial charge in [0.25, 0.3) is 11.6 Å². The Hall–Kier alpha value is -4.00. The standard InChI is InChI=1S/C21H18F3N5O5/c22-21(23,24)20-26-18-14(25-19(31)13-4-1-2-6-15(13)29(32)33)5-3-7-16(18)28(20)12-17(30)27-8-10-34-11-9-27/h1-7H,8-12H2,(H,25,31). The summed E-state index contributed by atoms with van der Waals surface area (Å²) in [6.07, 6.45) is -4.87. The first-order chi connectivity index (χ1) is 16.2. The summed E-state index contributed by atoms with van der Waals surface area (Å²) in [5, 5.41) is 13.6. The third kappa shape index (κ3) is 4.55. The fraction of sp³-hybridized carbons (Fsp3) is 0.286. The number of nitrogens with zero attached hydrogens (tertiary/aromatic N) is 4. The monoisotopic (exact) mass is 477 g/mol. The first kappa shape index (κ1) is 23.2. The van der Waals surface area contributed by atoms with E-state index in [1.54, 1.807) is 0 Å². The molecule has 10 nitrogen and oxygen atoms in total. The highest BCUT2D eigenvalue weighted by molar-refractivity contribution is 6.10. The minimum Gasteiger partial charge on any atom is -0.378 e. The number of alkyl halides is 3. The lowest BCUT2D eigenvalue weighted by atomic mass is 10.1. The Morgan fingerprint density at radius 1 is 1.12 bits per heavy atom. The highest BCUT2D eigenvalue weighted by Crippen LogP contribution is 2.34. The van der Waals surface area contributed by atoms with Gasteiger partial charge < -0.3 is 19.5 Å². The fourth-order valence-electron chi connectivity index (χ4n) is 3.69. The number of nitro groups is 1. The lowest BCUT2D eigenvalue weighted by molar-refractivity contribution is -0.385. The molecular weight excluding hydrogens is 459 g/mol. The number of rotatable bonds is 5. The number of benzene rings is 2. The number of hydrogen-bond acceptors (Lipinski definition) is 6. The highest BCUT2D eigenvalue weighted by atomic mass is 19.4. The number of carbonyl (C=O) groups is 2. The van der Waals surface area contributed by atoms with Crippen LogP contribution >= 0.6 is 0 Å². The van der Waals surface area contributed by atoms with Crippen molar-refractivity contribution < 1.29 is 32.4 Å². The summed E-state index contributed by atoms with van der Waals surface area (Å²) in [6.45, 7) is 0.523. The first-order valence-corrected chi connectivity index (χ1v) is 10.1. The van der Waals surface area contributed by atoms with Crippen LogP contribution in [0.25, 0.3) is 11.0 Å². The number of nitro benzene ring substituents is 1. The number of amides is 2. The summed E-state index contributed by atoms with van der Waals surface area (Å²) < 4.78 is 47.3. The second-order valence-corrected chi connectivity index (χ2v) is 7.41. The Morgan fingerprint density at radius 2 is 1.82 bits per heavy atom. The molecule has 2 heterocycles. The number of aromatic nitrogens is 2. The minimum atomic E-state index is -4.87. The van der Waals surface area contributed by atoms with Crippen LogP contribution in [0.4, 0.5) is 24.5 Å². The van der Waals surface area contributed by atoms with Crippen molar-refractivity contribution in [1.29, 1.82) is 0 Å². The van der Waals surface area contributed by atoms with Crippen molar-refractivity contribution in [1.82, 2.24) is 14.5 Å². The fourth-order valence-corrected chi connectivity index (χ4v) is 3.69. The van der Waals surface area contributed by atoms with Gasteiger partial charge in [-0.15, -0.1) is 0 Å². The van der Waals surface area contributed by atoms with Crippen LogP contribution in [0.5, 0.6) is 0 Å². The molecule has 178 valence electrons. The maximum atomic E-state index is 13.8. The Morgan fingerprint density at radius 3 is 2.50 bits per heavy atom. The van der Waals surface area contributed by atoms with Crippen molar-refractivity contribution in [2.75, 3.05) is 31.6 Å². The van der Waals surface area contributed by atoms with Gasteiger partial charge in [0.2, 0.25) is 11.7 Å². The summed E-state index contributed by atoms with van der Waals surface area (Å²) in [5.41, 5.74) is -1.01. The number of ether oxygens (including phenoxy) is 1. The zero-order valence-electron chi connectivity index (χ0n) is 17.5. The van der Waals surface area contributed by atoms with E-state index in [4.69, 9.17) is 4.74 Å². The smallest absolute Gasteiger partial charge is 0.378 e. The van der Waals surface area contributed by atoms with Crippen molar-refractivity contribution in [3.8, 4) is 0 Å². The molecule has 34 heavy (non-hydrogen) atoms. The van der Waals surface area contributed by atoms with Crippen LogP contribution in [0.2, 0.25) is 0 Å². The van der Waals surface area contributed by atoms with Gasteiger partial charge in [0.1, 0.15) is 17.6 Å². The molecule has 0 bridgehead atoms. The largest absolute Gasteiger partial charge is 0.449 e. The molecule has 0 unspecified atom stereocenters. The number of imidazole rings is 1. The molecule has 0 aliphatic carbocycles. The van der Waals surface area contributed by atoms with Gasteiger partial charge in [-0.1, -0.05) is 18.2 Å². The number of anilines is 1. The summed E-state index contributed by atoms with van der Waals surface area (Å²) >= 11 is 0. The predicted octanol–water partition coefficient (Wildman–Crippen LogP) is 3.07. The second-order valence-electron chi connectivity index (χ2n) is 7.41. The average Bonchev–Trinajstić information content (AvgIpc) is 3.19. The van der Waals surface area contributed by atoms with Crippen LogP contribution < -0.4 is 5.32 Å². The third-order valence-corrected chi connectivity index (χ3v) is 5.28. The summed E-state index contributed by atoms with van der Waals surface area (Å²) in [7, 11) is 0. The molecule has 13 heteroatoms. The van der Waals surface area contributed by atoms with E-state index in [1.807, 2.05) is 0 Å². The zero-order valence-corrected chi connectivity index (χ0v) is 17.5. The number of nitrogens with one attached hydrogen (secondary N) is 1. The first-order valence-electron chi connectivity index (χ1n) is 10.1. The molecule has 0 radical (unpaired) electrons. The van der Waals surface area contributed by atoms with E-state index in [9.17, 15) is 32.9 Å². The quantitative estimate of drug-likeness (QED) is 0.446. The van der Waals surface area contributed by atoms with Gasteiger partial charge in [-0.3, -0.25) is 19.7 Å². The molecule has 1 aliphatic heterocycles. The summed E-state index contributed by atoms with van der Waals surface area (Å²) in [5.74, 6) is -2.70. The maximum absolute atomic E-state index is 13.8. The normalized spacial score (nSPS) is 14.3. The molecule has 2 amide bonds. The van der Waals surface area contributed by atoms with Crippen LogP contribution in [0.3, 0.4) is 0 Å². The van der Waals surface area contributed by atoms with Gasteiger partial charge >= 0.3 is 6.18 Å². The van der Waals surface area contributed by atoms with Gasteiger partial charge in [0, 0.05) is 19.2 Å². The van der Waals surface area contributed by atoms with Crippen molar-refractivity contribution in [2.45, 2.75) is 12.7 Å². The van der Waals surface area contributed by atoms with Crippen LogP contribution in [-0.4, -0.2) is 57.5 Å². The number of fused-ring (bicyclic) bond motifs is 1. The molecular formula is C21H18F3N5O5. The van der Waals surface area contributed by atoms with E-state index in [0.29, 0.717) is 13.2 Å². The zero-order chi connectivity index (χ0) is 24.5. The molecule has 2 aromatic carbocycles. The van der Waals surface area contributed by atoms with Crippen molar-refractivity contribution in [3.63, 3.8) is 0 Å². The van der Waals surface area contributed by atoms with Crippen LogP contribution in [0, 0.1) is 10.1 Å². The molecule has 0 saturated carbocycles. The Labute approximate surface area is 190 Å². The van der Waals surface area contributed by atoms with Crippen LogP contribution in [-0.2, 0) is 22.3 Å². The SMILES string of the molecule is O=C(Nc1cccc2c1nc(C(F)(F)F)n2CC(=O)N1CCOCC1)c1ccccc1[N+](=O)[O-]. The topological polar surface area (TPSA) is 120 Å². The lowest BCUT2D eigenvalue weighted by Crippen LogP contribution is -2.42. The Balaban J connectivity index is 1.72. The van der Waals surface area contributed by atoms with E-state index < -0.39 is 41.0 Å². The van der Waals surface area contributed by atoms with Crippen LogP contribution in [0.15, 0.2) is 42.5 Å². The van der Waals surface area contributed by atoms with Gasteiger partial charge in [-0.2, -0.15) is 13.2 Å². The van der Waals surface area contributed by atoms with E-state index in [0.717, 1.165) is 10.6 Å². The number of halogens is 3. The van der Waals surface area contributed by atoms with E-state index in [-0.39, 0.29) is 35.4 Å². The van der Waals surface area contributed by atoms with Gasteiger partial charge in [0.15, 0.2) is 0 Å². The van der Waals surface area contributed by atoms with Crippen molar-refractivity contribution >= 4 is 34.2 Å². The second kappa shape index (κ2) is 9.09. The minimum absolute atomic E-state index is 0.0192. The average molecular weight is 477 g/mol. The van der Waals surface area contributed by atoms with Crippen molar-refractivity contribution in [3.05, 3.63) is 64.0 Å². The summed E-state index contributed by atoms with van der Waals surface area (Å²) in [4.78, 5) is 41.0. The molecule has 1 aliphatic rings. The van der Waals surface area contributed by atoms with Crippen LogP contribution in [0.1, 0.15) is 16.2 Å². The lowest BCUT2D eigenvalue weighted by Gasteiger charge is -2.27. The van der Waals surface area contributed by atoms with E-state index in [1.165, 1.54) is 41.3 Å². The van der Waals surface area contributed by atoms with E-state index >= 15 is 0 Å². The molecule has 1 N–H and O–H groups in total. The Kier molecular flexibility index (Phi) is 6.20. The number of hydrogen-bond donors (Lipinski definition) is 1. The number of carbonyl (C=O) groups excluding carboxylic acids is 2. The summed E-state index contributed by atoms with van der Waals surface area (Å²) in [6, 6.07) is 9.27. The molecule has 0 spiro atoms. The predicted molar refractivity (Wildman–Crippen MR) is 113 cm³/mol. The van der Waals surface area contributed by atoms with Gasteiger partial charge in [-0.05, 0) is 18.2 Å². The van der Waals surface area contributed by atoms with E-state index in [2.05, 4.69) is 10.3 Å². The highest BCUT2D eigenvalue weighted by Gasteiger charge is 2.39. The molecule has 4 rings (SSSR count).